The zero-order valence-electron chi connectivity index (χ0n) is 12.7. The molecule has 2 heterocycles. The van der Waals surface area contributed by atoms with Gasteiger partial charge >= 0.3 is 0 Å². The lowest BCUT2D eigenvalue weighted by atomic mass is 9.97. The fourth-order valence-corrected chi connectivity index (χ4v) is 2.86. The predicted octanol–water partition coefficient (Wildman–Crippen LogP) is 2.26. The third kappa shape index (κ3) is 3.61. The minimum atomic E-state index is -0.0790. The number of nitrogens with one attached hydrogen (secondary N) is 1. The van der Waals surface area contributed by atoms with Gasteiger partial charge in [-0.15, -0.1) is 0 Å². The second kappa shape index (κ2) is 5.85. The molecule has 0 saturated carbocycles. The van der Waals surface area contributed by atoms with Crippen LogP contribution in [0.4, 0.5) is 0 Å². The molecule has 2 rings (SSSR count). The first-order valence-electron chi connectivity index (χ1n) is 6.99. The van der Waals surface area contributed by atoms with Crippen LogP contribution in [0.25, 0.3) is 0 Å². The lowest BCUT2D eigenvalue weighted by molar-refractivity contribution is 0.0932. The van der Waals surface area contributed by atoms with Crippen LogP contribution in [0.1, 0.15) is 43.4 Å². The molecule has 1 amide bonds. The lowest BCUT2D eigenvalue weighted by Gasteiger charge is -2.19. The molecule has 6 heteroatoms. The molecule has 0 radical (unpaired) electrons. The number of imidazole rings is 1. The van der Waals surface area contributed by atoms with Crippen LogP contribution in [0, 0.1) is 5.41 Å². The molecule has 1 aliphatic rings. The van der Waals surface area contributed by atoms with Gasteiger partial charge in [0, 0.05) is 19.6 Å². The molecule has 0 saturated heterocycles. The molecule has 0 bridgehead atoms. The van der Waals surface area contributed by atoms with Crippen LogP contribution in [-0.2, 0) is 13.1 Å². The van der Waals surface area contributed by atoms with Gasteiger partial charge in [0.2, 0.25) is 0 Å². The molecule has 1 aromatic heterocycles. The molecule has 0 atom stereocenters. The maximum absolute atomic E-state index is 12.4. The van der Waals surface area contributed by atoms with Crippen molar-refractivity contribution in [2.75, 3.05) is 20.1 Å². The molecular weight excluding hydrogens is 320 g/mol. The van der Waals surface area contributed by atoms with E-state index in [4.69, 9.17) is 0 Å². The van der Waals surface area contributed by atoms with Crippen molar-refractivity contribution in [2.45, 2.75) is 40.3 Å². The third-order valence-corrected chi connectivity index (χ3v) is 3.97. The van der Waals surface area contributed by atoms with Crippen molar-refractivity contribution < 1.29 is 4.79 Å². The van der Waals surface area contributed by atoms with Crippen LogP contribution in [0.5, 0.6) is 0 Å². The molecule has 1 aliphatic heterocycles. The van der Waals surface area contributed by atoms with Crippen molar-refractivity contribution in [3.8, 4) is 0 Å². The first-order chi connectivity index (χ1) is 9.28. The van der Waals surface area contributed by atoms with Gasteiger partial charge in [0.15, 0.2) is 10.4 Å². The Labute approximate surface area is 128 Å². The molecule has 0 fully saturated rings. The highest BCUT2D eigenvalue weighted by Gasteiger charge is 2.24. The third-order valence-electron chi connectivity index (χ3n) is 3.36. The second-order valence-electron chi connectivity index (χ2n) is 6.66. The standard InChI is InChI=1S/C14H23BrN4O/c1-14(2,3)9-16-12(20)11-10-8-18(4)6-5-7-19(10)13(15)17-11/h5-9H2,1-4H3,(H,16,20). The highest BCUT2D eigenvalue weighted by atomic mass is 79.9. The molecule has 0 aromatic carbocycles. The number of hydrogen-bond donors (Lipinski definition) is 1. The Bertz CT molecular complexity index is 504. The summed E-state index contributed by atoms with van der Waals surface area (Å²) < 4.78 is 2.86. The summed E-state index contributed by atoms with van der Waals surface area (Å²) in [6, 6.07) is 0. The Morgan fingerprint density at radius 1 is 1.40 bits per heavy atom. The number of hydrogen-bond acceptors (Lipinski definition) is 3. The Hall–Kier alpha value is -0.880. The molecule has 1 N–H and O–H groups in total. The minimum absolute atomic E-state index is 0.0698. The van der Waals surface area contributed by atoms with E-state index in [1.165, 1.54) is 0 Å². The van der Waals surface area contributed by atoms with E-state index in [0.717, 1.165) is 36.5 Å². The molecule has 20 heavy (non-hydrogen) atoms. The van der Waals surface area contributed by atoms with Crippen LogP contribution >= 0.6 is 15.9 Å². The van der Waals surface area contributed by atoms with E-state index in [9.17, 15) is 4.79 Å². The monoisotopic (exact) mass is 342 g/mol. The average Bonchev–Trinajstić information content (AvgIpc) is 2.53. The first kappa shape index (κ1) is 15.5. The second-order valence-corrected chi connectivity index (χ2v) is 7.37. The van der Waals surface area contributed by atoms with Gasteiger partial charge in [0.25, 0.3) is 5.91 Å². The van der Waals surface area contributed by atoms with Gasteiger partial charge < -0.3 is 14.8 Å². The Morgan fingerprint density at radius 3 is 2.75 bits per heavy atom. The van der Waals surface area contributed by atoms with Crippen LogP contribution in [0.15, 0.2) is 4.73 Å². The quantitative estimate of drug-likeness (QED) is 0.896. The summed E-state index contributed by atoms with van der Waals surface area (Å²) in [5.41, 5.74) is 1.62. The van der Waals surface area contributed by atoms with E-state index in [-0.39, 0.29) is 11.3 Å². The van der Waals surface area contributed by atoms with Gasteiger partial charge in [-0.3, -0.25) is 4.79 Å². The van der Waals surface area contributed by atoms with Crippen LogP contribution < -0.4 is 5.32 Å². The number of aromatic nitrogens is 2. The van der Waals surface area contributed by atoms with Crippen LogP contribution in [0.3, 0.4) is 0 Å². The van der Waals surface area contributed by atoms with Crippen molar-refractivity contribution in [3.63, 3.8) is 0 Å². The summed E-state index contributed by atoms with van der Waals surface area (Å²) in [7, 11) is 2.08. The number of nitrogens with zero attached hydrogens (tertiary/aromatic N) is 3. The highest BCUT2D eigenvalue weighted by molar-refractivity contribution is 9.10. The van der Waals surface area contributed by atoms with Crippen LogP contribution in [0.2, 0.25) is 0 Å². The molecule has 5 nitrogen and oxygen atoms in total. The van der Waals surface area contributed by atoms with E-state index in [1.807, 2.05) is 0 Å². The Morgan fingerprint density at radius 2 is 2.10 bits per heavy atom. The molecule has 1 aromatic rings. The largest absolute Gasteiger partial charge is 0.350 e. The normalized spacial score (nSPS) is 16.6. The number of fused-ring (bicyclic) bond motifs is 1. The van der Waals surface area contributed by atoms with Gasteiger partial charge in [-0.05, 0) is 41.4 Å². The SMILES string of the molecule is CN1CCCn2c(Br)nc(C(=O)NCC(C)(C)C)c2C1. The highest BCUT2D eigenvalue weighted by Crippen LogP contribution is 2.22. The van der Waals surface area contributed by atoms with E-state index in [2.05, 4.69) is 63.5 Å². The summed E-state index contributed by atoms with van der Waals surface area (Å²) in [4.78, 5) is 19.0. The zero-order chi connectivity index (χ0) is 14.9. The number of amides is 1. The van der Waals surface area contributed by atoms with Gasteiger partial charge in [-0.25, -0.2) is 4.98 Å². The summed E-state index contributed by atoms with van der Waals surface area (Å²) in [5, 5.41) is 2.98. The number of carbonyl (C=O) groups excluding carboxylic acids is 1. The van der Waals surface area contributed by atoms with E-state index in [1.54, 1.807) is 0 Å². The van der Waals surface area contributed by atoms with E-state index in [0.29, 0.717) is 12.2 Å². The molecular formula is C14H23BrN4O. The van der Waals surface area contributed by atoms with Gasteiger partial charge in [0.1, 0.15) is 0 Å². The zero-order valence-corrected chi connectivity index (χ0v) is 14.2. The Kier molecular flexibility index (Phi) is 4.54. The van der Waals surface area contributed by atoms with Crippen LogP contribution in [-0.4, -0.2) is 40.5 Å². The average molecular weight is 343 g/mol. The lowest BCUT2D eigenvalue weighted by Crippen LogP contribution is -2.33. The molecule has 0 spiro atoms. The smallest absolute Gasteiger partial charge is 0.271 e. The maximum Gasteiger partial charge on any atom is 0.271 e. The first-order valence-corrected chi connectivity index (χ1v) is 7.79. The van der Waals surface area contributed by atoms with Crippen molar-refractivity contribution in [1.29, 1.82) is 0 Å². The predicted molar refractivity (Wildman–Crippen MR) is 82.7 cm³/mol. The topological polar surface area (TPSA) is 50.2 Å². The van der Waals surface area contributed by atoms with Gasteiger partial charge in [0.05, 0.1) is 5.69 Å². The molecule has 112 valence electrons. The summed E-state index contributed by atoms with van der Waals surface area (Å²) in [5.74, 6) is -0.0790. The summed E-state index contributed by atoms with van der Waals surface area (Å²) >= 11 is 3.47. The maximum atomic E-state index is 12.4. The number of carbonyl (C=O) groups is 1. The molecule has 0 unspecified atom stereocenters. The summed E-state index contributed by atoms with van der Waals surface area (Å²) in [6.07, 6.45) is 1.07. The van der Waals surface area contributed by atoms with Gasteiger partial charge in [-0.1, -0.05) is 20.8 Å². The number of halogens is 1. The number of rotatable bonds is 2. The van der Waals surface area contributed by atoms with E-state index < -0.39 is 0 Å². The molecule has 0 aliphatic carbocycles. The summed E-state index contributed by atoms with van der Waals surface area (Å²) in [6.45, 7) is 9.65. The van der Waals surface area contributed by atoms with E-state index >= 15 is 0 Å². The fraction of sp³-hybridized carbons (Fsp3) is 0.714. The van der Waals surface area contributed by atoms with Crippen molar-refractivity contribution in [2.24, 2.45) is 5.41 Å². The Balaban J connectivity index is 2.22. The minimum Gasteiger partial charge on any atom is -0.350 e. The van der Waals surface area contributed by atoms with Crippen molar-refractivity contribution in [1.82, 2.24) is 19.8 Å². The van der Waals surface area contributed by atoms with Crippen molar-refractivity contribution in [3.05, 3.63) is 16.1 Å². The van der Waals surface area contributed by atoms with Crippen molar-refractivity contribution >= 4 is 21.8 Å². The van der Waals surface area contributed by atoms with Gasteiger partial charge in [-0.2, -0.15) is 0 Å². The fourth-order valence-electron chi connectivity index (χ4n) is 2.29.